The first-order valence-corrected chi connectivity index (χ1v) is 19.0. The highest BCUT2D eigenvalue weighted by atomic mass is 15.0. The summed E-state index contributed by atoms with van der Waals surface area (Å²) in [4.78, 5) is 4.57. The lowest BCUT2D eigenvalue weighted by atomic mass is 9.82. The second kappa shape index (κ2) is 11.6. The van der Waals surface area contributed by atoms with Gasteiger partial charge in [0, 0.05) is 28.0 Å². The normalized spacial score (nSPS) is 12.0. The maximum atomic E-state index is 4.57. The molecule has 0 N–H and O–H groups in total. The summed E-state index contributed by atoms with van der Waals surface area (Å²) in [5.74, 6) is 0. The first-order chi connectivity index (χ1) is 27.3. The fraction of sp³-hybridized carbons (Fsp3) is 0. The van der Waals surface area contributed by atoms with Crippen LogP contribution in [0.15, 0.2) is 194 Å². The molecule has 0 saturated carbocycles. The highest BCUT2D eigenvalue weighted by Gasteiger charge is 2.31. The summed E-state index contributed by atoms with van der Waals surface area (Å²) in [5, 5.41) is 8.79. The standard InChI is InChI=1S/C53H32N2/c1-3-13-33(14-4-1)49-41-19-7-8-20-42(41)50(34-15-5-2-6-16-34)53-44-27-26-38(40-21-11-22-43(51(40)44)52(49)53)35-24-29-48-45(32-35)39-18-9-10-23-47(39)55(48)37-25-28-46-36(31-37)17-12-30-54-46/h1-32H. The van der Waals surface area contributed by atoms with Gasteiger partial charge in [-0.05, 0) is 120 Å². The van der Waals surface area contributed by atoms with Gasteiger partial charge in [-0.1, -0.05) is 146 Å². The first-order valence-electron chi connectivity index (χ1n) is 19.0. The van der Waals surface area contributed by atoms with Crippen molar-refractivity contribution < 1.29 is 0 Å². The predicted octanol–water partition coefficient (Wildman–Crippen LogP) is 14.3. The lowest BCUT2D eigenvalue weighted by molar-refractivity contribution is 1.18. The van der Waals surface area contributed by atoms with Crippen LogP contribution in [0.1, 0.15) is 0 Å². The smallest absolute Gasteiger partial charge is 0.0703 e. The van der Waals surface area contributed by atoms with Crippen molar-refractivity contribution in [3.8, 4) is 61.3 Å². The van der Waals surface area contributed by atoms with E-state index in [1.807, 2.05) is 12.3 Å². The maximum Gasteiger partial charge on any atom is 0.0703 e. The number of hydrogen-bond acceptors (Lipinski definition) is 1. The summed E-state index contributed by atoms with van der Waals surface area (Å²) in [5.41, 5.74) is 17.3. The third-order valence-corrected chi connectivity index (χ3v) is 11.7. The molecule has 254 valence electrons. The molecule has 0 saturated heterocycles. The zero-order valence-electron chi connectivity index (χ0n) is 29.9. The average Bonchev–Trinajstić information content (AvgIpc) is 3.76. The Kier molecular flexibility index (Phi) is 6.37. The Morgan fingerprint density at radius 2 is 0.964 bits per heavy atom. The van der Waals surface area contributed by atoms with E-state index in [2.05, 4.69) is 192 Å². The van der Waals surface area contributed by atoms with Crippen LogP contribution in [-0.4, -0.2) is 9.55 Å². The highest BCUT2D eigenvalue weighted by Crippen LogP contribution is 2.58. The van der Waals surface area contributed by atoms with Crippen molar-refractivity contribution in [1.29, 1.82) is 0 Å². The monoisotopic (exact) mass is 696 g/mol. The summed E-state index contributed by atoms with van der Waals surface area (Å²) >= 11 is 0. The number of benzene rings is 9. The molecule has 11 aromatic rings. The highest BCUT2D eigenvalue weighted by molar-refractivity contribution is 6.29. The molecular weight excluding hydrogens is 665 g/mol. The molecule has 0 aliphatic heterocycles. The van der Waals surface area contributed by atoms with Crippen LogP contribution in [0.4, 0.5) is 0 Å². The molecule has 2 nitrogen and oxygen atoms in total. The summed E-state index contributed by atoms with van der Waals surface area (Å²) in [7, 11) is 0. The number of hydrogen-bond donors (Lipinski definition) is 0. The van der Waals surface area contributed by atoms with Gasteiger partial charge in [-0.2, -0.15) is 0 Å². The topological polar surface area (TPSA) is 17.8 Å². The minimum Gasteiger partial charge on any atom is -0.309 e. The van der Waals surface area contributed by atoms with Crippen molar-refractivity contribution in [2.75, 3.05) is 0 Å². The molecule has 0 unspecified atom stereocenters. The van der Waals surface area contributed by atoms with E-state index in [4.69, 9.17) is 0 Å². The quantitative estimate of drug-likeness (QED) is 0.179. The van der Waals surface area contributed by atoms with Crippen LogP contribution in [-0.2, 0) is 0 Å². The number of aromatic nitrogens is 2. The van der Waals surface area contributed by atoms with Crippen LogP contribution < -0.4 is 0 Å². The van der Waals surface area contributed by atoms with Crippen LogP contribution in [0.3, 0.4) is 0 Å². The Bertz CT molecular complexity index is 3260. The van der Waals surface area contributed by atoms with Crippen molar-refractivity contribution in [3.63, 3.8) is 0 Å². The largest absolute Gasteiger partial charge is 0.309 e. The minimum atomic E-state index is 1.00. The molecule has 0 amide bonds. The molecule has 12 rings (SSSR count). The number of nitrogens with zero attached hydrogens (tertiary/aromatic N) is 2. The summed E-state index contributed by atoms with van der Waals surface area (Å²) in [6.07, 6.45) is 1.86. The fourth-order valence-corrected chi connectivity index (χ4v) is 9.48. The van der Waals surface area contributed by atoms with Gasteiger partial charge in [0.25, 0.3) is 0 Å². The summed E-state index contributed by atoms with van der Waals surface area (Å²) < 4.78 is 2.39. The second-order valence-electron chi connectivity index (χ2n) is 14.6. The molecule has 1 aliphatic rings. The molecule has 55 heavy (non-hydrogen) atoms. The van der Waals surface area contributed by atoms with E-state index in [9.17, 15) is 0 Å². The van der Waals surface area contributed by atoms with Crippen molar-refractivity contribution in [3.05, 3.63) is 194 Å². The van der Waals surface area contributed by atoms with Crippen molar-refractivity contribution in [2.45, 2.75) is 0 Å². The van der Waals surface area contributed by atoms with Gasteiger partial charge in [0.05, 0.1) is 16.6 Å². The number of fused-ring (bicyclic) bond motifs is 8. The van der Waals surface area contributed by atoms with E-state index in [0.717, 1.165) is 16.6 Å². The number of pyridine rings is 1. The predicted molar refractivity (Wildman–Crippen MR) is 232 cm³/mol. The summed E-state index contributed by atoms with van der Waals surface area (Å²) in [6.45, 7) is 0. The van der Waals surface area contributed by atoms with Gasteiger partial charge in [-0.3, -0.25) is 4.98 Å². The number of para-hydroxylation sites is 1. The lowest BCUT2D eigenvalue weighted by Crippen LogP contribution is -1.94. The lowest BCUT2D eigenvalue weighted by Gasteiger charge is -2.20. The van der Waals surface area contributed by atoms with E-state index in [0.29, 0.717) is 0 Å². The van der Waals surface area contributed by atoms with E-state index >= 15 is 0 Å². The van der Waals surface area contributed by atoms with E-state index in [-0.39, 0.29) is 0 Å². The molecule has 9 aromatic carbocycles. The fourth-order valence-electron chi connectivity index (χ4n) is 9.48. The molecule has 1 aliphatic carbocycles. The van der Waals surface area contributed by atoms with Gasteiger partial charge in [0.15, 0.2) is 0 Å². The van der Waals surface area contributed by atoms with Crippen molar-refractivity contribution in [2.24, 2.45) is 0 Å². The van der Waals surface area contributed by atoms with E-state index in [1.165, 1.54) is 99.0 Å². The Balaban J connectivity index is 1.12. The van der Waals surface area contributed by atoms with Crippen LogP contribution in [0.25, 0.3) is 116 Å². The van der Waals surface area contributed by atoms with Crippen molar-refractivity contribution >= 4 is 54.3 Å². The second-order valence-corrected chi connectivity index (χ2v) is 14.6. The molecule has 2 heterocycles. The molecule has 0 radical (unpaired) electrons. The van der Waals surface area contributed by atoms with Crippen LogP contribution in [0.5, 0.6) is 0 Å². The minimum absolute atomic E-state index is 1.00. The van der Waals surface area contributed by atoms with Gasteiger partial charge < -0.3 is 4.57 Å². The molecular formula is C53H32N2. The van der Waals surface area contributed by atoms with Gasteiger partial charge in [-0.15, -0.1) is 0 Å². The number of rotatable bonds is 4. The molecule has 0 bridgehead atoms. The van der Waals surface area contributed by atoms with Crippen LogP contribution >= 0.6 is 0 Å². The Morgan fingerprint density at radius 3 is 1.71 bits per heavy atom. The van der Waals surface area contributed by atoms with Gasteiger partial charge in [-0.25, -0.2) is 0 Å². The molecule has 0 atom stereocenters. The average molecular weight is 697 g/mol. The third kappa shape index (κ3) is 4.34. The first kappa shape index (κ1) is 30.2. The Morgan fingerprint density at radius 1 is 0.345 bits per heavy atom. The van der Waals surface area contributed by atoms with E-state index in [1.54, 1.807) is 0 Å². The van der Waals surface area contributed by atoms with Crippen molar-refractivity contribution in [1.82, 2.24) is 9.55 Å². The van der Waals surface area contributed by atoms with Crippen LogP contribution in [0.2, 0.25) is 0 Å². The summed E-state index contributed by atoms with van der Waals surface area (Å²) in [6, 6.07) is 69.1. The molecule has 0 fully saturated rings. The SMILES string of the molecule is c1ccc(-c2c3c(c(-c4ccccc4)c4ccccc24)-c2ccc(-c4ccc5c(c4)c4ccccc4n5-c4ccc5ncccc5c4)c4cccc-3c24)cc1. The Labute approximate surface area is 318 Å². The molecule has 2 aromatic heterocycles. The van der Waals surface area contributed by atoms with Gasteiger partial charge in [0.1, 0.15) is 0 Å². The van der Waals surface area contributed by atoms with Gasteiger partial charge >= 0.3 is 0 Å². The van der Waals surface area contributed by atoms with Crippen LogP contribution in [0, 0.1) is 0 Å². The molecule has 0 spiro atoms. The zero-order valence-corrected chi connectivity index (χ0v) is 29.9. The van der Waals surface area contributed by atoms with E-state index < -0.39 is 0 Å². The zero-order chi connectivity index (χ0) is 36.0. The third-order valence-electron chi connectivity index (χ3n) is 11.7. The Hall–Kier alpha value is -7.29. The molecule has 2 heteroatoms. The maximum absolute atomic E-state index is 4.57. The van der Waals surface area contributed by atoms with Gasteiger partial charge in [0.2, 0.25) is 0 Å².